The van der Waals surface area contributed by atoms with Gasteiger partial charge in [0, 0.05) is 18.2 Å². The second-order valence-electron chi connectivity index (χ2n) is 4.58. The summed E-state index contributed by atoms with van der Waals surface area (Å²) >= 11 is 0. The Hall–Kier alpha value is -1.87. The predicted octanol–water partition coefficient (Wildman–Crippen LogP) is 1.76. The standard InChI is InChI=1S/C13H15N3O2S/c1-10(2)16(9-5-8-14)13-11-6-3-4-7-12(11)19(17,18)15-13/h3-4,6-7,10H,5,9H2,1-2H3. The number of hydrogen-bond acceptors (Lipinski definition) is 4. The first-order valence-electron chi connectivity index (χ1n) is 6.05. The lowest BCUT2D eigenvalue weighted by Gasteiger charge is -2.27. The molecule has 6 heteroatoms. The normalized spacial score (nSPS) is 15.8. The number of benzene rings is 1. The van der Waals surface area contributed by atoms with Crippen LogP contribution in [0.2, 0.25) is 0 Å². The minimum Gasteiger partial charge on any atom is -0.352 e. The van der Waals surface area contributed by atoms with E-state index < -0.39 is 10.0 Å². The Kier molecular flexibility index (Phi) is 3.58. The zero-order valence-electron chi connectivity index (χ0n) is 10.9. The molecule has 2 rings (SSSR count). The van der Waals surface area contributed by atoms with Gasteiger partial charge in [0.15, 0.2) is 5.84 Å². The van der Waals surface area contributed by atoms with Gasteiger partial charge >= 0.3 is 0 Å². The number of hydrogen-bond donors (Lipinski definition) is 0. The second-order valence-corrected chi connectivity index (χ2v) is 6.15. The molecule has 5 nitrogen and oxygen atoms in total. The van der Waals surface area contributed by atoms with Crippen molar-refractivity contribution in [3.63, 3.8) is 0 Å². The van der Waals surface area contributed by atoms with E-state index in [1.165, 1.54) is 0 Å². The van der Waals surface area contributed by atoms with Gasteiger partial charge in [-0.25, -0.2) is 0 Å². The molecule has 0 spiro atoms. The van der Waals surface area contributed by atoms with Gasteiger partial charge < -0.3 is 4.90 Å². The number of nitrogens with zero attached hydrogens (tertiary/aromatic N) is 3. The van der Waals surface area contributed by atoms with Gasteiger partial charge in [0.05, 0.1) is 12.5 Å². The lowest BCUT2D eigenvalue weighted by atomic mass is 10.1. The molecule has 100 valence electrons. The average Bonchev–Trinajstić information content (AvgIpc) is 2.63. The maximum absolute atomic E-state index is 12.0. The maximum atomic E-state index is 12.0. The molecule has 0 N–H and O–H groups in total. The van der Waals surface area contributed by atoms with Crippen LogP contribution in [0.15, 0.2) is 33.6 Å². The Morgan fingerprint density at radius 2 is 2.05 bits per heavy atom. The van der Waals surface area contributed by atoms with Gasteiger partial charge in [-0.1, -0.05) is 12.1 Å². The van der Waals surface area contributed by atoms with E-state index in [4.69, 9.17) is 5.26 Å². The van der Waals surface area contributed by atoms with Crippen LogP contribution in [0.3, 0.4) is 0 Å². The van der Waals surface area contributed by atoms with Crippen LogP contribution in [0.25, 0.3) is 0 Å². The summed E-state index contributed by atoms with van der Waals surface area (Å²) in [4.78, 5) is 2.10. The number of nitriles is 1. The quantitative estimate of drug-likeness (QED) is 0.843. The maximum Gasteiger partial charge on any atom is 0.285 e. The monoisotopic (exact) mass is 277 g/mol. The van der Waals surface area contributed by atoms with Crippen molar-refractivity contribution in [2.45, 2.75) is 31.2 Å². The van der Waals surface area contributed by atoms with Gasteiger partial charge in [-0.2, -0.15) is 13.7 Å². The molecule has 1 heterocycles. The minimum absolute atomic E-state index is 0.0773. The van der Waals surface area contributed by atoms with Gasteiger partial charge in [-0.15, -0.1) is 4.40 Å². The molecule has 0 aliphatic carbocycles. The smallest absolute Gasteiger partial charge is 0.285 e. The molecule has 1 aliphatic rings. The number of sulfonamides is 1. The fourth-order valence-electron chi connectivity index (χ4n) is 2.07. The third-order valence-corrected chi connectivity index (χ3v) is 4.30. The third kappa shape index (κ3) is 2.47. The molecule has 19 heavy (non-hydrogen) atoms. The van der Waals surface area contributed by atoms with E-state index in [9.17, 15) is 8.42 Å². The van der Waals surface area contributed by atoms with Crippen molar-refractivity contribution in [1.82, 2.24) is 4.90 Å². The van der Waals surface area contributed by atoms with E-state index >= 15 is 0 Å². The minimum atomic E-state index is -3.59. The van der Waals surface area contributed by atoms with E-state index in [-0.39, 0.29) is 10.9 Å². The van der Waals surface area contributed by atoms with Gasteiger partial charge in [0.2, 0.25) is 0 Å². The predicted molar refractivity (Wildman–Crippen MR) is 72.2 cm³/mol. The summed E-state index contributed by atoms with van der Waals surface area (Å²) in [5, 5.41) is 8.70. The number of amidine groups is 1. The second kappa shape index (κ2) is 5.02. The summed E-state index contributed by atoms with van der Waals surface area (Å²) in [5.74, 6) is 0.445. The zero-order chi connectivity index (χ0) is 14.0. The van der Waals surface area contributed by atoms with E-state index in [0.717, 1.165) is 0 Å². The Labute approximate surface area is 113 Å². The van der Waals surface area contributed by atoms with Crippen LogP contribution in [-0.2, 0) is 10.0 Å². The summed E-state index contributed by atoms with van der Waals surface area (Å²) in [7, 11) is -3.59. The molecule has 0 radical (unpaired) electrons. The first kappa shape index (κ1) is 13.6. The zero-order valence-corrected chi connectivity index (χ0v) is 11.7. The molecule has 0 atom stereocenters. The van der Waals surface area contributed by atoms with Gasteiger partial charge in [-0.05, 0) is 26.0 Å². The highest BCUT2D eigenvalue weighted by Crippen LogP contribution is 2.28. The molecule has 0 bridgehead atoms. The highest BCUT2D eigenvalue weighted by atomic mass is 32.2. The molecule has 0 aromatic heterocycles. The first-order valence-corrected chi connectivity index (χ1v) is 7.49. The molecular weight excluding hydrogens is 262 g/mol. The van der Waals surface area contributed by atoms with E-state index in [2.05, 4.69) is 10.5 Å². The Morgan fingerprint density at radius 1 is 1.37 bits per heavy atom. The fourth-order valence-corrected chi connectivity index (χ4v) is 3.29. The topological polar surface area (TPSA) is 73.5 Å². The van der Waals surface area contributed by atoms with Crippen LogP contribution >= 0.6 is 0 Å². The van der Waals surface area contributed by atoms with Crippen molar-refractivity contribution in [1.29, 1.82) is 5.26 Å². The van der Waals surface area contributed by atoms with Crippen molar-refractivity contribution in [2.75, 3.05) is 6.54 Å². The molecule has 0 unspecified atom stereocenters. The lowest BCUT2D eigenvalue weighted by Crippen LogP contribution is -2.37. The van der Waals surface area contributed by atoms with Crippen molar-refractivity contribution >= 4 is 15.9 Å². The van der Waals surface area contributed by atoms with Gasteiger partial charge in [0.25, 0.3) is 10.0 Å². The summed E-state index contributed by atoms with van der Waals surface area (Å²) < 4.78 is 27.8. The molecule has 0 amide bonds. The van der Waals surface area contributed by atoms with Crippen molar-refractivity contribution in [3.8, 4) is 6.07 Å². The van der Waals surface area contributed by atoms with Crippen LogP contribution in [0.4, 0.5) is 0 Å². The van der Waals surface area contributed by atoms with Crippen LogP contribution in [-0.4, -0.2) is 31.7 Å². The van der Waals surface area contributed by atoms with Crippen LogP contribution in [0.1, 0.15) is 25.8 Å². The molecule has 0 saturated carbocycles. The molecule has 0 fully saturated rings. The number of fused-ring (bicyclic) bond motifs is 1. The van der Waals surface area contributed by atoms with E-state index in [1.54, 1.807) is 24.3 Å². The molecule has 1 aliphatic heterocycles. The van der Waals surface area contributed by atoms with Crippen LogP contribution in [0, 0.1) is 11.3 Å². The highest BCUT2D eigenvalue weighted by molar-refractivity contribution is 7.90. The molecule has 0 saturated heterocycles. The number of rotatable bonds is 3. The largest absolute Gasteiger partial charge is 0.352 e. The van der Waals surface area contributed by atoms with E-state index in [0.29, 0.717) is 24.4 Å². The van der Waals surface area contributed by atoms with Crippen molar-refractivity contribution < 1.29 is 8.42 Å². The molecular formula is C13H15N3O2S. The van der Waals surface area contributed by atoms with Crippen molar-refractivity contribution in [3.05, 3.63) is 29.8 Å². The van der Waals surface area contributed by atoms with Gasteiger partial charge in [-0.3, -0.25) is 0 Å². The van der Waals surface area contributed by atoms with Crippen LogP contribution < -0.4 is 0 Å². The van der Waals surface area contributed by atoms with Crippen molar-refractivity contribution in [2.24, 2.45) is 4.40 Å². The Balaban J connectivity index is 2.48. The highest BCUT2D eigenvalue weighted by Gasteiger charge is 2.32. The van der Waals surface area contributed by atoms with E-state index in [1.807, 2.05) is 18.7 Å². The van der Waals surface area contributed by atoms with Crippen LogP contribution in [0.5, 0.6) is 0 Å². The summed E-state index contributed by atoms with van der Waals surface area (Å²) in [6.07, 6.45) is 0.333. The first-order chi connectivity index (χ1) is 8.97. The molecule has 1 aromatic carbocycles. The Morgan fingerprint density at radius 3 is 2.68 bits per heavy atom. The third-order valence-electron chi connectivity index (χ3n) is 2.97. The fraction of sp³-hybridized carbons (Fsp3) is 0.385. The summed E-state index contributed by atoms with van der Waals surface area (Å²) in [6.45, 7) is 4.37. The SMILES string of the molecule is CC(C)N(CCC#N)C1=NS(=O)(=O)c2ccccc21. The lowest BCUT2D eigenvalue weighted by molar-refractivity contribution is 0.358. The average molecular weight is 277 g/mol. The molecule has 1 aromatic rings. The van der Waals surface area contributed by atoms with Gasteiger partial charge in [0.1, 0.15) is 4.90 Å². The Bertz CT molecular complexity index is 657. The summed E-state index contributed by atoms with van der Waals surface area (Å²) in [5.41, 5.74) is 0.620. The summed E-state index contributed by atoms with van der Waals surface area (Å²) in [6, 6.07) is 8.94.